The molecule has 2 aromatic carbocycles. The molecule has 1 heterocycles. The molecule has 0 N–H and O–H groups in total. The van der Waals surface area contributed by atoms with E-state index in [1.54, 1.807) is 24.4 Å². The highest BCUT2D eigenvalue weighted by Gasteiger charge is 2.14. The molecule has 3 aromatic rings. The first-order valence-corrected chi connectivity index (χ1v) is 7.17. The molecule has 0 saturated heterocycles. The summed E-state index contributed by atoms with van der Waals surface area (Å²) in [5.41, 5.74) is 1.95. The molecule has 0 aliphatic rings. The Balaban J connectivity index is 2.10. The topological polar surface area (TPSA) is 30.0 Å². The Bertz CT molecular complexity index is 816. The number of aromatic nitrogens is 1. The van der Waals surface area contributed by atoms with Crippen LogP contribution in [0.15, 0.2) is 59.2 Å². The van der Waals surface area contributed by atoms with E-state index in [0.717, 1.165) is 15.4 Å². The Labute approximate surface area is 129 Å². The lowest BCUT2D eigenvalue weighted by Gasteiger charge is -2.05. The molecule has 0 atom stereocenters. The number of ketones is 1. The third-order valence-electron chi connectivity index (χ3n) is 3.03. The summed E-state index contributed by atoms with van der Waals surface area (Å²) in [5, 5.41) is 1.47. The quantitative estimate of drug-likeness (QED) is 0.619. The molecule has 0 spiro atoms. The highest BCUT2D eigenvalue weighted by atomic mass is 79.9. The summed E-state index contributed by atoms with van der Waals surface area (Å²) in [7, 11) is 0. The molecule has 0 radical (unpaired) electrons. The lowest BCUT2D eigenvalue weighted by atomic mass is 10.0. The number of para-hydroxylation sites is 1. The van der Waals surface area contributed by atoms with Gasteiger partial charge in [0.25, 0.3) is 0 Å². The normalized spacial score (nSPS) is 10.7. The van der Waals surface area contributed by atoms with Crippen LogP contribution in [0.2, 0.25) is 5.02 Å². The number of carbonyl (C=O) groups excluding carboxylic acids is 1. The van der Waals surface area contributed by atoms with Crippen LogP contribution in [0.1, 0.15) is 15.9 Å². The number of nitrogens with zero attached hydrogens (tertiary/aromatic N) is 1. The van der Waals surface area contributed by atoms with Crippen LogP contribution in [0.4, 0.5) is 0 Å². The zero-order chi connectivity index (χ0) is 14.1. The van der Waals surface area contributed by atoms with Crippen molar-refractivity contribution in [3.8, 4) is 0 Å². The number of benzene rings is 2. The molecule has 20 heavy (non-hydrogen) atoms. The van der Waals surface area contributed by atoms with E-state index in [9.17, 15) is 4.79 Å². The monoisotopic (exact) mass is 345 g/mol. The minimum Gasteiger partial charge on any atom is -0.289 e. The van der Waals surface area contributed by atoms with Crippen LogP contribution in [-0.2, 0) is 0 Å². The van der Waals surface area contributed by atoms with Gasteiger partial charge in [0.05, 0.1) is 5.52 Å². The van der Waals surface area contributed by atoms with Crippen molar-refractivity contribution in [2.75, 3.05) is 0 Å². The van der Waals surface area contributed by atoms with E-state index < -0.39 is 0 Å². The molecule has 4 heteroatoms. The number of hydrogen-bond acceptors (Lipinski definition) is 2. The molecule has 0 aliphatic heterocycles. The number of carbonyl (C=O) groups is 1. The largest absolute Gasteiger partial charge is 0.289 e. The van der Waals surface area contributed by atoms with Crippen molar-refractivity contribution >= 4 is 44.2 Å². The van der Waals surface area contributed by atoms with E-state index in [4.69, 9.17) is 11.6 Å². The van der Waals surface area contributed by atoms with Gasteiger partial charge in [-0.3, -0.25) is 9.78 Å². The summed E-state index contributed by atoms with van der Waals surface area (Å²) in [4.78, 5) is 16.8. The second-order valence-electron chi connectivity index (χ2n) is 4.37. The Hall–Kier alpha value is -1.71. The van der Waals surface area contributed by atoms with Gasteiger partial charge >= 0.3 is 0 Å². The van der Waals surface area contributed by atoms with Gasteiger partial charge in [-0.1, -0.05) is 45.7 Å². The van der Waals surface area contributed by atoms with Gasteiger partial charge in [0.1, 0.15) is 0 Å². The van der Waals surface area contributed by atoms with Crippen molar-refractivity contribution in [1.29, 1.82) is 0 Å². The molecule has 98 valence electrons. The van der Waals surface area contributed by atoms with E-state index in [1.807, 2.05) is 30.3 Å². The summed E-state index contributed by atoms with van der Waals surface area (Å²) in [6, 6.07) is 14.7. The molecule has 3 rings (SSSR count). The smallest absolute Gasteiger partial charge is 0.195 e. The minimum atomic E-state index is -0.0994. The Kier molecular flexibility index (Phi) is 3.55. The standard InChI is InChI=1S/C16H9BrClNO/c17-14-6-5-12(18)8-13(14)16(20)11-7-10-3-1-2-4-15(10)19-9-11/h1-9H. The Morgan fingerprint density at radius 2 is 1.90 bits per heavy atom. The van der Waals surface area contributed by atoms with Gasteiger partial charge in [-0.15, -0.1) is 0 Å². The first kappa shape index (κ1) is 13.3. The number of fused-ring (bicyclic) bond motifs is 1. The van der Waals surface area contributed by atoms with Crippen molar-refractivity contribution in [3.63, 3.8) is 0 Å². The molecule has 2 nitrogen and oxygen atoms in total. The van der Waals surface area contributed by atoms with Crippen molar-refractivity contribution in [1.82, 2.24) is 4.98 Å². The molecule has 0 unspecified atom stereocenters. The predicted octanol–water partition coefficient (Wildman–Crippen LogP) is 4.88. The maximum Gasteiger partial charge on any atom is 0.195 e. The van der Waals surface area contributed by atoms with Gasteiger partial charge in [0.2, 0.25) is 0 Å². The van der Waals surface area contributed by atoms with Crippen molar-refractivity contribution in [2.24, 2.45) is 0 Å². The third-order valence-corrected chi connectivity index (χ3v) is 3.95. The average Bonchev–Trinajstić information content (AvgIpc) is 2.48. The summed E-state index contributed by atoms with van der Waals surface area (Å²) < 4.78 is 0.722. The number of pyridine rings is 1. The number of rotatable bonds is 2. The van der Waals surface area contributed by atoms with Crippen LogP contribution in [0.3, 0.4) is 0 Å². The molecule has 0 saturated carbocycles. The van der Waals surface area contributed by atoms with Gasteiger partial charge in [-0.25, -0.2) is 0 Å². The fourth-order valence-corrected chi connectivity index (χ4v) is 2.62. The van der Waals surface area contributed by atoms with E-state index in [1.165, 1.54) is 0 Å². The second kappa shape index (κ2) is 5.35. The van der Waals surface area contributed by atoms with E-state index >= 15 is 0 Å². The maximum atomic E-state index is 12.5. The van der Waals surface area contributed by atoms with Gasteiger partial charge in [-0.05, 0) is 30.3 Å². The maximum absolute atomic E-state index is 12.5. The molecule has 0 amide bonds. The molecule has 0 fully saturated rings. The summed E-state index contributed by atoms with van der Waals surface area (Å²) in [6.45, 7) is 0. The zero-order valence-electron chi connectivity index (χ0n) is 10.3. The predicted molar refractivity (Wildman–Crippen MR) is 84.3 cm³/mol. The van der Waals surface area contributed by atoms with Gasteiger partial charge < -0.3 is 0 Å². The highest BCUT2D eigenvalue weighted by molar-refractivity contribution is 9.10. The summed E-state index contributed by atoms with van der Waals surface area (Å²) >= 11 is 9.33. The number of hydrogen-bond donors (Lipinski definition) is 0. The first-order chi connectivity index (χ1) is 9.65. The molecular weight excluding hydrogens is 338 g/mol. The fourth-order valence-electron chi connectivity index (χ4n) is 2.02. The molecule has 0 aliphatic carbocycles. The van der Waals surface area contributed by atoms with Crippen LogP contribution in [0.25, 0.3) is 10.9 Å². The Morgan fingerprint density at radius 1 is 1.10 bits per heavy atom. The Morgan fingerprint density at radius 3 is 2.75 bits per heavy atom. The summed E-state index contributed by atoms with van der Waals surface area (Å²) in [6.07, 6.45) is 1.60. The zero-order valence-corrected chi connectivity index (χ0v) is 12.6. The third kappa shape index (κ3) is 2.47. The van der Waals surface area contributed by atoms with Gasteiger partial charge in [-0.2, -0.15) is 0 Å². The van der Waals surface area contributed by atoms with Crippen molar-refractivity contribution < 1.29 is 4.79 Å². The van der Waals surface area contributed by atoms with E-state index in [0.29, 0.717) is 16.1 Å². The van der Waals surface area contributed by atoms with Gasteiger partial charge in [0.15, 0.2) is 5.78 Å². The van der Waals surface area contributed by atoms with Crippen LogP contribution in [0, 0.1) is 0 Å². The van der Waals surface area contributed by atoms with Crippen LogP contribution in [0.5, 0.6) is 0 Å². The van der Waals surface area contributed by atoms with Crippen LogP contribution >= 0.6 is 27.5 Å². The second-order valence-corrected chi connectivity index (χ2v) is 5.66. The lowest BCUT2D eigenvalue weighted by Crippen LogP contribution is -2.03. The van der Waals surface area contributed by atoms with Crippen molar-refractivity contribution in [2.45, 2.75) is 0 Å². The SMILES string of the molecule is O=C(c1cnc2ccccc2c1)c1cc(Cl)ccc1Br. The fraction of sp³-hybridized carbons (Fsp3) is 0. The molecule has 0 bridgehead atoms. The van der Waals surface area contributed by atoms with Crippen molar-refractivity contribution in [3.05, 3.63) is 75.4 Å². The van der Waals surface area contributed by atoms with Gasteiger partial charge in [0, 0.05) is 32.2 Å². The minimum absolute atomic E-state index is 0.0994. The average molecular weight is 347 g/mol. The van der Waals surface area contributed by atoms with E-state index in [2.05, 4.69) is 20.9 Å². The van der Waals surface area contributed by atoms with Crippen LogP contribution < -0.4 is 0 Å². The molecular formula is C16H9BrClNO. The summed E-state index contributed by atoms with van der Waals surface area (Å²) in [5.74, 6) is -0.0994. The van der Waals surface area contributed by atoms with E-state index in [-0.39, 0.29) is 5.78 Å². The number of halogens is 2. The first-order valence-electron chi connectivity index (χ1n) is 6.00. The highest BCUT2D eigenvalue weighted by Crippen LogP contribution is 2.24. The molecule has 1 aromatic heterocycles. The van der Waals surface area contributed by atoms with Crippen LogP contribution in [-0.4, -0.2) is 10.8 Å². The lowest BCUT2D eigenvalue weighted by molar-refractivity contribution is 0.103.